The Balaban J connectivity index is 1.84. The number of aromatic nitrogens is 2. The molecule has 0 spiro atoms. The second kappa shape index (κ2) is 5.69. The average Bonchev–Trinajstić information content (AvgIpc) is 2.90. The molecule has 3 rings (SSSR count). The number of anilines is 1. The number of rotatable bonds is 4. The molecule has 4 nitrogen and oxygen atoms in total. The van der Waals surface area contributed by atoms with Crippen molar-refractivity contribution in [3.63, 3.8) is 0 Å². The molecule has 0 fully saturated rings. The van der Waals surface area contributed by atoms with Crippen LogP contribution in [0.4, 0.5) is 5.69 Å². The zero-order valence-electron chi connectivity index (χ0n) is 12.1. The third kappa shape index (κ3) is 2.83. The van der Waals surface area contributed by atoms with Crippen LogP contribution in [0.1, 0.15) is 10.7 Å². The first-order valence-corrected chi connectivity index (χ1v) is 7.77. The van der Waals surface area contributed by atoms with Gasteiger partial charge in [0.2, 0.25) is 0 Å². The molecule has 21 heavy (non-hydrogen) atoms. The second-order valence-corrected chi connectivity index (χ2v) is 5.97. The van der Waals surface area contributed by atoms with E-state index in [9.17, 15) is 4.79 Å². The minimum absolute atomic E-state index is 0.00120. The zero-order chi connectivity index (χ0) is 14.8. The lowest BCUT2D eigenvalue weighted by molar-refractivity contribution is 0.904. The van der Waals surface area contributed by atoms with E-state index in [0.717, 1.165) is 40.3 Å². The molecule has 2 aromatic heterocycles. The van der Waals surface area contributed by atoms with Gasteiger partial charge in [-0.2, -0.15) is 0 Å². The molecule has 0 radical (unpaired) electrons. The summed E-state index contributed by atoms with van der Waals surface area (Å²) in [6.07, 6.45) is 0.863. The number of aryl methyl sites for hydroxylation is 2. The minimum atomic E-state index is 0.00120. The first-order valence-electron chi connectivity index (χ1n) is 6.89. The number of nitrogens with zero attached hydrogens (tertiary/aromatic N) is 2. The predicted octanol–water partition coefficient (Wildman–Crippen LogP) is 2.96. The molecular weight excluding hydrogens is 282 g/mol. The van der Waals surface area contributed by atoms with Gasteiger partial charge in [-0.15, -0.1) is 11.3 Å². The van der Waals surface area contributed by atoms with Gasteiger partial charge >= 0.3 is 0 Å². The Labute approximate surface area is 127 Å². The van der Waals surface area contributed by atoms with Gasteiger partial charge in [0.15, 0.2) is 0 Å². The van der Waals surface area contributed by atoms with Gasteiger partial charge in [0.05, 0.1) is 10.5 Å². The van der Waals surface area contributed by atoms with Gasteiger partial charge in [0.25, 0.3) is 5.56 Å². The molecule has 0 bridgehead atoms. The van der Waals surface area contributed by atoms with Crippen molar-refractivity contribution in [2.45, 2.75) is 13.3 Å². The lowest BCUT2D eigenvalue weighted by Crippen LogP contribution is -2.18. The number of hydrogen-bond acceptors (Lipinski definition) is 4. The third-order valence-corrected chi connectivity index (χ3v) is 4.50. The fraction of sp³-hybridized carbons (Fsp3) is 0.250. The standard InChI is InChI=1S/C16H17N3OS/c1-11-10-21-15(18-11)7-8-17-13-9-16(20)19(2)14-6-4-3-5-12(13)14/h3-6,9-10,17H,7-8H2,1-2H3. The highest BCUT2D eigenvalue weighted by Crippen LogP contribution is 2.20. The van der Waals surface area contributed by atoms with Crippen molar-refractivity contribution in [1.82, 2.24) is 9.55 Å². The quantitative estimate of drug-likeness (QED) is 0.805. The van der Waals surface area contributed by atoms with Crippen LogP contribution < -0.4 is 10.9 Å². The van der Waals surface area contributed by atoms with Crippen LogP contribution in [0.25, 0.3) is 10.9 Å². The smallest absolute Gasteiger partial charge is 0.252 e. The number of hydrogen-bond donors (Lipinski definition) is 1. The van der Waals surface area contributed by atoms with E-state index in [1.807, 2.05) is 31.2 Å². The Morgan fingerprint density at radius 3 is 2.90 bits per heavy atom. The first kappa shape index (κ1) is 13.8. The lowest BCUT2D eigenvalue weighted by Gasteiger charge is -2.11. The SMILES string of the molecule is Cc1csc(CCNc2cc(=O)n(C)c3ccccc23)n1. The summed E-state index contributed by atoms with van der Waals surface area (Å²) in [5.74, 6) is 0. The van der Waals surface area contributed by atoms with Gasteiger partial charge < -0.3 is 9.88 Å². The van der Waals surface area contributed by atoms with Crippen LogP contribution in [0.2, 0.25) is 0 Å². The fourth-order valence-electron chi connectivity index (χ4n) is 2.38. The van der Waals surface area contributed by atoms with Gasteiger partial charge in [-0.3, -0.25) is 4.79 Å². The molecule has 0 unspecified atom stereocenters. The molecule has 108 valence electrons. The van der Waals surface area contributed by atoms with E-state index in [2.05, 4.69) is 15.7 Å². The van der Waals surface area contributed by atoms with Crippen LogP contribution in [0, 0.1) is 6.92 Å². The van der Waals surface area contributed by atoms with Gasteiger partial charge in [0.1, 0.15) is 0 Å². The van der Waals surface area contributed by atoms with Crippen molar-refractivity contribution in [3.8, 4) is 0 Å². The average molecular weight is 299 g/mol. The number of fused-ring (bicyclic) bond motifs is 1. The number of benzene rings is 1. The number of thiazole rings is 1. The molecule has 0 saturated heterocycles. The molecular formula is C16H17N3OS. The van der Waals surface area contributed by atoms with Crippen molar-refractivity contribution in [2.24, 2.45) is 7.05 Å². The highest BCUT2D eigenvalue weighted by atomic mass is 32.1. The van der Waals surface area contributed by atoms with Crippen LogP contribution >= 0.6 is 11.3 Å². The molecule has 0 amide bonds. The van der Waals surface area contributed by atoms with Gasteiger partial charge in [-0.05, 0) is 13.0 Å². The third-order valence-electron chi connectivity index (χ3n) is 3.47. The first-order chi connectivity index (χ1) is 10.1. The van der Waals surface area contributed by atoms with Gasteiger partial charge in [-0.25, -0.2) is 4.98 Å². The normalized spacial score (nSPS) is 11.0. The minimum Gasteiger partial charge on any atom is -0.384 e. The zero-order valence-corrected chi connectivity index (χ0v) is 12.9. The Hall–Kier alpha value is -2.14. The Bertz CT molecular complexity index is 835. The maximum atomic E-state index is 12.0. The van der Waals surface area contributed by atoms with Crippen LogP contribution in [0.3, 0.4) is 0 Å². The fourth-order valence-corrected chi connectivity index (χ4v) is 3.15. The van der Waals surface area contributed by atoms with Crippen molar-refractivity contribution >= 4 is 27.9 Å². The Kier molecular flexibility index (Phi) is 3.75. The number of nitrogens with one attached hydrogen (secondary N) is 1. The lowest BCUT2D eigenvalue weighted by atomic mass is 10.2. The summed E-state index contributed by atoms with van der Waals surface area (Å²) in [6, 6.07) is 9.60. The Morgan fingerprint density at radius 2 is 2.14 bits per heavy atom. The van der Waals surface area contributed by atoms with Gasteiger partial charge in [0, 0.05) is 48.2 Å². The number of para-hydroxylation sites is 1. The summed E-state index contributed by atoms with van der Waals surface area (Å²) in [4.78, 5) is 16.5. The summed E-state index contributed by atoms with van der Waals surface area (Å²) in [7, 11) is 1.80. The molecule has 0 aliphatic rings. The summed E-state index contributed by atoms with van der Waals surface area (Å²) < 4.78 is 1.67. The maximum Gasteiger partial charge on any atom is 0.252 e. The van der Waals surface area contributed by atoms with Crippen molar-refractivity contribution in [1.29, 1.82) is 0 Å². The van der Waals surface area contributed by atoms with E-state index in [1.54, 1.807) is 29.0 Å². The molecule has 0 aliphatic heterocycles. The van der Waals surface area contributed by atoms with Crippen LogP contribution in [0.15, 0.2) is 40.5 Å². The van der Waals surface area contributed by atoms with Gasteiger partial charge in [-0.1, -0.05) is 18.2 Å². The Morgan fingerprint density at radius 1 is 1.33 bits per heavy atom. The molecule has 3 aromatic rings. The van der Waals surface area contributed by atoms with Crippen LogP contribution in [-0.2, 0) is 13.5 Å². The van der Waals surface area contributed by atoms with Crippen molar-refractivity contribution in [3.05, 3.63) is 56.8 Å². The predicted molar refractivity (Wildman–Crippen MR) is 88.2 cm³/mol. The topological polar surface area (TPSA) is 46.9 Å². The molecule has 2 heterocycles. The second-order valence-electron chi connectivity index (χ2n) is 5.03. The van der Waals surface area contributed by atoms with E-state index < -0.39 is 0 Å². The molecule has 0 saturated carbocycles. The van der Waals surface area contributed by atoms with Crippen LogP contribution in [0.5, 0.6) is 0 Å². The summed E-state index contributed by atoms with van der Waals surface area (Å²) in [5.41, 5.74) is 2.90. The highest BCUT2D eigenvalue weighted by molar-refractivity contribution is 7.09. The van der Waals surface area contributed by atoms with Crippen molar-refractivity contribution in [2.75, 3.05) is 11.9 Å². The molecule has 0 atom stereocenters. The van der Waals surface area contributed by atoms with E-state index >= 15 is 0 Å². The van der Waals surface area contributed by atoms with E-state index in [-0.39, 0.29) is 5.56 Å². The molecule has 5 heteroatoms. The highest BCUT2D eigenvalue weighted by Gasteiger charge is 2.06. The molecule has 1 aromatic carbocycles. The van der Waals surface area contributed by atoms with E-state index in [4.69, 9.17) is 0 Å². The maximum absolute atomic E-state index is 12.0. The molecule has 0 aliphatic carbocycles. The summed E-state index contributed by atoms with van der Waals surface area (Å²) >= 11 is 1.68. The van der Waals surface area contributed by atoms with Crippen molar-refractivity contribution < 1.29 is 0 Å². The monoisotopic (exact) mass is 299 g/mol. The molecule has 1 N–H and O–H groups in total. The van der Waals surface area contributed by atoms with Crippen LogP contribution in [-0.4, -0.2) is 16.1 Å². The number of pyridine rings is 1. The van der Waals surface area contributed by atoms with E-state index in [0.29, 0.717) is 0 Å². The summed E-state index contributed by atoms with van der Waals surface area (Å²) in [6.45, 7) is 2.77. The summed E-state index contributed by atoms with van der Waals surface area (Å²) in [5, 5.41) is 7.61. The van der Waals surface area contributed by atoms with E-state index in [1.165, 1.54) is 0 Å². The largest absolute Gasteiger partial charge is 0.384 e.